The van der Waals surface area contributed by atoms with Gasteiger partial charge in [-0.15, -0.1) is 0 Å². The van der Waals surface area contributed by atoms with Crippen LogP contribution < -0.4 is 21.1 Å². The van der Waals surface area contributed by atoms with Crippen LogP contribution in [0.15, 0.2) is 18.2 Å². The summed E-state index contributed by atoms with van der Waals surface area (Å²) in [5.74, 6) is 0.682. The van der Waals surface area contributed by atoms with E-state index in [0.29, 0.717) is 31.0 Å². The van der Waals surface area contributed by atoms with Gasteiger partial charge in [-0.25, -0.2) is 0 Å². The number of rotatable bonds is 6. The summed E-state index contributed by atoms with van der Waals surface area (Å²) in [5, 5.41) is 6.08. The lowest BCUT2D eigenvalue weighted by Crippen LogP contribution is -2.41. The number of nitrogens with two attached hydrogens (primary N) is 1. The van der Waals surface area contributed by atoms with Crippen molar-refractivity contribution in [2.75, 3.05) is 24.2 Å². The molecule has 1 rings (SSSR count). The third-order valence-electron chi connectivity index (χ3n) is 2.55. The fourth-order valence-corrected chi connectivity index (χ4v) is 1.77. The van der Waals surface area contributed by atoms with E-state index in [9.17, 15) is 4.79 Å². The Morgan fingerprint density at radius 1 is 1.35 bits per heavy atom. The molecular weight excluding hydrogens is 254 g/mol. The Kier molecular flexibility index (Phi) is 5.67. The van der Waals surface area contributed by atoms with E-state index in [0.717, 1.165) is 5.69 Å². The average molecular weight is 279 g/mol. The molecule has 0 saturated carbocycles. The van der Waals surface area contributed by atoms with Crippen LogP contribution in [-0.4, -0.2) is 24.6 Å². The van der Waals surface area contributed by atoms with E-state index < -0.39 is 0 Å². The zero-order valence-electron chi connectivity index (χ0n) is 12.7. The van der Waals surface area contributed by atoms with Gasteiger partial charge < -0.3 is 21.1 Å². The first-order valence-electron chi connectivity index (χ1n) is 6.89. The van der Waals surface area contributed by atoms with Crippen molar-refractivity contribution in [1.29, 1.82) is 0 Å². The van der Waals surface area contributed by atoms with Crippen LogP contribution in [-0.2, 0) is 4.79 Å². The van der Waals surface area contributed by atoms with E-state index in [-0.39, 0.29) is 11.4 Å². The molecule has 20 heavy (non-hydrogen) atoms. The number of nitrogen functional groups attached to an aromatic ring is 1. The van der Waals surface area contributed by atoms with E-state index in [2.05, 4.69) is 10.6 Å². The minimum absolute atomic E-state index is 0.0181. The van der Waals surface area contributed by atoms with E-state index in [1.165, 1.54) is 0 Å². The summed E-state index contributed by atoms with van der Waals surface area (Å²) in [5.41, 5.74) is 7.16. The predicted molar refractivity (Wildman–Crippen MR) is 83.0 cm³/mol. The number of para-hydroxylation sites is 1. The van der Waals surface area contributed by atoms with Gasteiger partial charge in [0, 0.05) is 18.5 Å². The molecule has 0 spiro atoms. The van der Waals surface area contributed by atoms with Crippen molar-refractivity contribution in [1.82, 2.24) is 5.32 Å². The van der Waals surface area contributed by atoms with Crippen LogP contribution in [0.4, 0.5) is 11.4 Å². The average Bonchev–Trinajstić information content (AvgIpc) is 2.32. The number of amides is 1. The Hall–Kier alpha value is -1.91. The number of hydrogen-bond acceptors (Lipinski definition) is 4. The first-order chi connectivity index (χ1) is 9.33. The number of nitrogens with one attached hydrogen (secondary N) is 2. The van der Waals surface area contributed by atoms with Crippen molar-refractivity contribution in [3.8, 4) is 5.75 Å². The van der Waals surface area contributed by atoms with Gasteiger partial charge in [-0.05, 0) is 39.8 Å². The van der Waals surface area contributed by atoms with Crippen molar-refractivity contribution in [3.63, 3.8) is 0 Å². The molecule has 5 heteroatoms. The quantitative estimate of drug-likeness (QED) is 0.699. The molecule has 0 aliphatic carbocycles. The Bertz CT molecular complexity index is 453. The standard InChI is InChI=1S/C15H25N3O2/c1-5-20-12-8-6-7-11(14(12)16)17-10-9-13(19)18-15(2,3)4/h6-8,17H,5,9-10,16H2,1-4H3,(H,18,19). The largest absolute Gasteiger partial charge is 0.492 e. The van der Waals surface area contributed by atoms with Crippen LogP contribution in [0, 0.1) is 0 Å². The highest BCUT2D eigenvalue weighted by molar-refractivity contribution is 5.78. The molecule has 1 amide bonds. The van der Waals surface area contributed by atoms with Crippen molar-refractivity contribution in [3.05, 3.63) is 18.2 Å². The van der Waals surface area contributed by atoms with Crippen molar-refractivity contribution in [2.45, 2.75) is 39.7 Å². The summed E-state index contributed by atoms with van der Waals surface area (Å²) in [6.45, 7) is 8.89. The SMILES string of the molecule is CCOc1cccc(NCCC(=O)NC(C)(C)C)c1N. The normalized spacial score (nSPS) is 11.0. The van der Waals surface area contributed by atoms with Gasteiger partial charge in [0.15, 0.2) is 0 Å². The van der Waals surface area contributed by atoms with Gasteiger partial charge in [-0.2, -0.15) is 0 Å². The molecule has 112 valence electrons. The zero-order chi connectivity index (χ0) is 15.2. The van der Waals surface area contributed by atoms with Crippen molar-refractivity contribution >= 4 is 17.3 Å². The van der Waals surface area contributed by atoms with E-state index in [1.54, 1.807) is 0 Å². The van der Waals surface area contributed by atoms with E-state index in [1.807, 2.05) is 45.9 Å². The maximum atomic E-state index is 11.7. The second-order valence-electron chi connectivity index (χ2n) is 5.63. The van der Waals surface area contributed by atoms with Crippen LogP contribution in [0.2, 0.25) is 0 Å². The highest BCUT2D eigenvalue weighted by Gasteiger charge is 2.13. The molecule has 0 unspecified atom stereocenters. The van der Waals surface area contributed by atoms with Gasteiger partial charge in [-0.3, -0.25) is 4.79 Å². The fraction of sp³-hybridized carbons (Fsp3) is 0.533. The van der Waals surface area contributed by atoms with E-state index in [4.69, 9.17) is 10.5 Å². The molecule has 0 saturated heterocycles. The molecule has 0 heterocycles. The van der Waals surface area contributed by atoms with Crippen molar-refractivity contribution in [2.24, 2.45) is 0 Å². The van der Waals surface area contributed by atoms with Crippen molar-refractivity contribution < 1.29 is 9.53 Å². The van der Waals surface area contributed by atoms with Gasteiger partial charge in [0.05, 0.1) is 18.0 Å². The summed E-state index contributed by atoms with van der Waals surface area (Å²) in [7, 11) is 0. The van der Waals surface area contributed by atoms with Crippen LogP contribution in [0.1, 0.15) is 34.1 Å². The maximum Gasteiger partial charge on any atom is 0.222 e. The lowest BCUT2D eigenvalue weighted by molar-refractivity contribution is -0.122. The third kappa shape index (κ3) is 5.38. The predicted octanol–water partition coefficient (Wildman–Crippen LogP) is 2.38. The smallest absolute Gasteiger partial charge is 0.222 e. The Morgan fingerprint density at radius 2 is 2.05 bits per heavy atom. The molecule has 0 aliphatic heterocycles. The van der Waals surface area contributed by atoms with E-state index >= 15 is 0 Å². The van der Waals surface area contributed by atoms with Gasteiger partial charge in [0.25, 0.3) is 0 Å². The molecular formula is C15H25N3O2. The molecule has 0 atom stereocenters. The van der Waals surface area contributed by atoms with Gasteiger partial charge in [0.1, 0.15) is 5.75 Å². The van der Waals surface area contributed by atoms with Crippen LogP contribution >= 0.6 is 0 Å². The fourth-order valence-electron chi connectivity index (χ4n) is 1.77. The highest BCUT2D eigenvalue weighted by Crippen LogP contribution is 2.29. The molecule has 0 radical (unpaired) electrons. The molecule has 0 bridgehead atoms. The molecule has 1 aromatic rings. The van der Waals surface area contributed by atoms with Crippen LogP contribution in [0.3, 0.4) is 0 Å². The summed E-state index contributed by atoms with van der Waals surface area (Å²) in [6, 6.07) is 5.58. The summed E-state index contributed by atoms with van der Waals surface area (Å²) < 4.78 is 5.43. The number of hydrogen-bond donors (Lipinski definition) is 3. The zero-order valence-corrected chi connectivity index (χ0v) is 12.7. The minimum Gasteiger partial charge on any atom is -0.492 e. The lowest BCUT2D eigenvalue weighted by atomic mass is 10.1. The second kappa shape index (κ2) is 7.03. The summed E-state index contributed by atoms with van der Waals surface area (Å²) in [4.78, 5) is 11.7. The number of ether oxygens (including phenoxy) is 1. The monoisotopic (exact) mass is 279 g/mol. The maximum absolute atomic E-state index is 11.7. The molecule has 0 aromatic heterocycles. The summed E-state index contributed by atoms with van der Waals surface area (Å²) >= 11 is 0. The topological polar surface area (TPSA) is 76.4 Å². The third-order valence-corrected chi connectivity index (χ3v) is 2.55. The van der Waals surface area contributed by atoms with Gasteiger partial charge in [0.2, 0.25) is 5.91 Å². The Balaban J connectivity index is 2.50. The number of benzene rings is 1. The minimum atomic E-state index is -0.203. The molecule has 5 nitrogen and oxygen atoms in total. The molecule has 0 fully saturated rings. The molecule has 0 aliphatic rings. The Morgan fingerprint density at radius 3 is 2.65 bits per heavy atom. The van der Waals surface area contributed by atoms with Crippen LogP contribution in [0.25, 0.3) is 0 Å². The first-order valence-corrected chi connectivity index (χ1v) is 6.89. The van der Waals surface area contributed by atoms with Crippen LogP contribution in [0.5, 0.6) is 5.75 Å². The molecule has 1 aromatic carbocycles. The first kappa shape index (κ1) is 16.1. The number of anilines is 2. The number of carbonyl (C=O) groups excluding carboxylic acids is 1. The number of carbonyl (C=O) groups is 1. The molecule has 4 N–H and O–H groups in total. The lowest BCUT2D eigenvalue weighted by Gasteiger charge is -2.20. The highest BCUT2D eigenvalue weighted by atomic mass is 16.5. The second-order valence-corrected chi connectivity index (χ2v) is 5.63. The Labute approximate surface area is 120 Å². The van der Waals surface area contributed by atoms with Gasteiger partial charge in [-0.1, -0.05) is 6.07 Å². The summed E-state index contributed by atoms with van der Waals surface area (Å²) in [6.07, 6.45) is 0.398. The van der Waals surface area contributed by atoms with Gasteiger partial charge >= 0.3 is 0 Å².